The van der Waals surface area contributed by atoms with Crippen molar-refractivity contribution >= 4 is 28.9 Å². The maximum Gasteiger partial charge on any atom is 0.156 e. The van der Waals surface area contributed by atoms with Crippen LogP contribution < -0.4 is 15.5 Å². The summed E-state index contributed by atoms with van der Waals surface area (Å²) in [7, 11) is 0. The number of aryl methyl sites for hydroxylation is 1. The lowest BCUT2D eigenvalue weighted by Gasteiger charge is -2.42. The van der Waals surface area contributed by atoms with Gasteiger partial charge in [-0.1, -0.05) is 17.7 Å². The van der Waals surface area contributed by atoms with E-state index in [1.807, 2.05) is 18.5 Å². The van der Waals surface area contributed by atoms with Gasteiger partial charge in [-0.2, -0.15) is 0 Å². The predicted molar refractivity (Wildman–Crippen MR) is 138 cm³/mol. The fraction of sp³-hybridized carbons (Fsp3) is 0.407. The largest absolute Gasteiger partial charge is 0.355 e. The molecule has 1 fully saturated rings. The molecule has 1 saturated heterocycles. The number of aromatic nitrogens is 3. The normalized spacial score (nSPS) is 21.8. The van der Waals surface area contributed by atoms with Gasteiger partial charge in [0.05, 0.1) is 29.8 Å². The maximum absolute atomic E-state index is 6.81. The van der Waals surface area contributed by atoms with E-state index in [4.69, 9.17) is 32.3 Å². The number of hydrogen-bond acceptors (Lipinski definition) is 7. The molecule has 0 radical (unpaired) electrons. The number of piperidine rings is 1. The number of pyridine rings is 1. The molecule has 178 valence electrons. The number of nitrogens with zero attached hydrogens (tertiary/aromatic N) is 6. The molecule has 5 heterocycles. The standard InChI is InChI=1S/C27H28ClN7/c1-16-11-17-13-27(25(29)18(17)12-19(16)28)5-9-34(10-6-27)23-15-31-24-21(33-23)14-32-26(24)35-8-4-20-22(35)3-2-7-30-20/h2-3,7,11-12,15,25H,4-6,8-10,13-14,29H2,1H3/t25-/m1/s1. The summed E-state index contributed by atoms with van der Waals surface area (Å²) in [4.78, 5) is 23.8. The molecule has 0 saturated carbocycles. The molecule has 2 aromatic heterocycles. The summed E-state index contributed by atoms with van der Waals surface area (Å²) in [6.07, 6.45) is 7.83. The molecule has 8 heteroatoms. The van der Waals surface area contributed by atoms with Gasteiger partial charge >= 0.3 is 0 Å². The molecular formula is C27H28ClN7. The van der Waals surface area contributed by atoms with E-state index in [0.29, 0.717) is 6.54 Å². The zero-order valence-corrected chi connectivity index (χ0v) is 20.6. The first-order chi connectivity index (χ1) is 17.0. The molecule has 1 spiro atoms. The van der Waals surface area contributed by atoms with Gasteiger partial charge in [0.2, 0.25) is 0 Å². The van der Waals surface area contributed by atoms with Crippen molar-refractivity contribution in [3.63, 3.8) is 0 Å². The van der Waals surface area contributed by atoms with Crippen molar-refractivity contribution in [2.24, 2.45) is 16.1 Å². The van der Waals surface area contributed by atoms with Crippen molar-refractivity contribution in [1.82, 2.24) is 15.0 Å². The molecule has 1 aromatic carbocycles. The highest BCUT2D eigenvalue weighted by Gasteiger charge is 2.46. The van der Waals surface area contributed by atoms with Crippen molar-refractivity contribution < 1.29 is 0 Å². The summed E-state index contributed by atoms with van der Waals surface area (Å²) >= 11 is 6.42. The minimum absolute atomic E-state index is 0.0395. The Kier molecular flexibility index (Phi) is 4.70. The lowest BCUT2D eigenvalue weighted by molar-refractivity contribution is 0.187. The van der Waals surface area contributed by atoms with E-state index in [-0.39, 0.29) is 11.5 Å². The summed E-state index contributed by atoms with van der Waals surface area (Å²) in [5, 5.41) is 0.817. The lowest BCUT2D eigenvalue weighted by atomic mass is 9.73. The average Bonchev–Trinajstić information content (AvgIpc) is 3.55. The molecule has 7 rings (SSSR count). The quantitative estimate of drug-likeness (QED) is 0.561. The Hall–Kier alpha value is -3.03. The number of amidine groups is 1. The first-order valence-electron chi connectivity index (χ1n) is 12.4. The number of rotatable bonds is 1. The number of aliphatic imine (C=N–C) groups is 1. The zero-order valence-electron chi connectivity index (χ0n) is 19.8. The second-order valence-corrected chi connectivity index (χ2v) is 10.7. The van der Waals surface area contributed by atoms with E-state index in [0.717, 1.165) is 90.3 Å². The summed E-state index contributed by atoms with van der Waals surface area (Å²) < 4.78 is 0. The van der Waals surface area contributed by atoms with Crippen LogP contribution in [-0.4, -0.2) is 40.4 Å². The number of fused-ring (bicyclic) bond motifs is 3. The van der Waals surface area contributed by atoms with Crippen LogP contribution in [0, 0.1) is 12.3 Å². The van der Waals surface area contributed by atoms with Crippen molar-refractivity contribution in [3.05, 3.63) is 75.5 Å². The van der Waals surface area contributed by atoms with E-state index >= 15 is 0 Å². The van der Waals surface area contributed by atoms with Crippen LogP contribution in [0.2, 0.25) is 5.02 Å². The Morgan fingerprint density at radius 1 is 1.11 bits per heavy atom. The van der Waals surface area contributed by atoms with Crippen molar-refractivity contribution in [2.75, 3.05) is 29.4 Å². The molecule has 1 atom stereocenters. The third-order valence-corrected chi connectivity index (χ3v) is 8.86. The van der Waals surface area contributed by atoms with Gasteiger partial charge in [-0.25, -0.2) is 9.97 Å². The van der Waals surface area contributed by atoms with Crippen molar-refractivity contribution in [2.45, 2.75) is 45.2 Å². The van der Waals surface area contributed by atoms with E-state index in [1.165, 1.54) is 11.1 Å². The highest BCUT2D eigenvalue weighted by Crippen LogP contribution is 2.51. The molecular weight excluding hydrogens is 458 g/mol. The van der Waals surface area contributed by atoms with Crippen LogP contribution in [0.5, 0.6) is 0 Å². The van der Waals surface area contributed by atoms with Gasteiger partial charge in [0.15, 0.2) is 5.84 Å². The van der Waals surface area contributed by atoms with Crippen LogP contribution in [0.15, 0.2) is 41.7 Å². The van der Waals surface area contributed by atoms with Crippen molar-refractivity contribution in [3.8, 4) is 0 Å². The van der Waals surface area contributed by atoms with Crippen LogP contribution in [-0.2, 0) is 19.4 Å². The molecule has 3 aromatic rings. The first kappa shape index (κ1) is 21.3. The van der Waals surface area contributed by atoms with Gasteiger partial charge in [0, 0.05) is 43.3 Å². The Morgan fingerprint density at radius 3 is 2.83 bits per heavy atom. The van der Waals surface area contributed by atoms with Crippen LogP contribution in [0.25, 0.3) is 0 Å². The summed E-state index contributed by atoms with van der Waals surface area (Å²) in [6, 6.07) is 8.46. The Balaban J connectivity index is 1.08. The zero-order chi connectivity index (χ0) is 23.7. The molecule has 35 heavy (non-hydrogen) atoms. The van der Waals surface area contributed by atoms with E-state index in [2.05, 4.69) is 39.9 Å². The van der Waals surface area contributed by atoms with Crippen molar-refractivity contribution in [1.29, 1.82) is 0 Å². The molecule has 0 unspecified atom stereocenters. The van der Waals surface area contributed by atoms with Crippen LogP contribution in [0.1, 0.15) is 52.7 Å². The van der Waals surface area contributed by atoms with E-state index < -0.39 is 0 Å². The minimum atomic E-state index is 0.0395. The summed E-state index contributed by atoms with van der Waals surface area (Å²) in [6.45, 7) is 5.40. The fourth-order valence-electron chi connectivity index (χ4n) is 6.42. The number of halogens is 1. The SMILES string of the molecule is Cc1cc2c(cc1Cl)[C@@H](N)C1(CCN(c3cnc4c(n3)CN=C4N3CCc4ncccc43)CC1)C2. The molecule has 2 N–H and O–H groups in total. The monoisotopic (exact) mass is 485 g/mol. The molecule has 1 aliphatic carbocycles. The topological polar surface area (TPSA) is 83.5 Å². The number of nitrogens with two attached hydrogens (primary N) is 1. The van der Waals surface area contributed by atoms with Crippen LogP contribution >= 0.6 is 11.6 Å². The molecule has 0 bridgehead atoms. The molecule has 3 aliphatic heterocycles. The fourth-order valence-corrected chi connectivity index (χ4v) is 6.59. The number of anilines is 2. The lowest BCUT2D eigenvalue weighted by Crippen LogP contribution is -2.44. The number of benzene rings is 1. The minimum Gasteiger partial charge on any atom is -0.355 e. The highest BCUT2D eigenvalue weighted by molar-refractivity contribution is 6.31. The number of hydrogen-bond donors (Lipinski definition) is 1. The van der Waals surface area contributed by atoms with Gasteiger partial charge in [0.1, 0.15) is 11.5 Å². The van der Waals surface area contributed by atoms with Crippen LogP contribution in [0.4, 0.5) is 11.5 Å². The first-order valence-corrected chi connectivity index (χ1v) is 12.8. The van der Waals surface area contributed by atoms with Gasteiger partial charge in [-0.05, 0) is 66.5 Å². The molecule has 7 nitrogen and oxygen atoms in total. The Labute approximate surface area is 210 Å². The Bertz CT molecular complexity index is 1380. The Morgan fingerprint density at radius 2 is 1.97 bits per heavy atom. The maximum atomic E-state index is 6.81. The molecule has 0 amide bonds. The second kappa shape index (κ2) is 7.73. The smallest absolute Gasteiger partial charge is 0.156 e. The van der Waals surface area contributed by atoms with Crippen LogP contribution in [0.3, 0.4) is 0 Å². The van der Waals surface area contributed by atoms with Gasteiger partial charge in [0.25, 0.3) is 0 Å². The van der Waals surface area contributed by atoms with Gasteiger partial charge in [-0.15, -0.1) is 0 Å². The summed E-state index contributed by atoms with van der Waals surface area (Å²) in [5.74, 6) is 1.87. The molecule has 4 aliphatic rings. The van der Waals surface area contributed by atoms with E-state index in [9.17, 15) is 0 Å². The highest BCUT2D eigenvalue weighted by atomic mass is 35.5. The third-order valence-electron chi connectivity index (χ3n) is 8.45. The van der Waals surface area contributed by atoms with Gasteiger partial charge in [-0.3, -0.25) is 9.98 Å². The van der Waals surface area contributed by atoms with Gasteiger partial charge < -0.3 is 15.5 Å². The predicted octanol–water partition coefficient (Wildman–Crippen LogP) is 4.00. The second-order valence-electron chi connectivity index (χ2n) is 10.3. The van der Waals surface area contributed by atoms with E-state index in [1.54, 1.807) is 0 Å². The summed E-state index contributed by atoms with van der Waals surface area (Å²) in [5.41, 5.74) is 14.8. The third kappa shape index (κ3) is 3.21. The average molecular weight is 486 g/mol.